The first kappa shape index (κ1) is 16.3. The third-order valence-electron chi connectivity index (χ3n) is 3.30. The molecular formula is C16H17ClN2O3. The molecule has 0 aliphatic heterocycles. The van der Waals surface area contributed by atoms with Gasteiger partial charge in [0.25, 0.3) is 0 Å². The molecule has 0 spiro atoms. The molecule has 1 atom stereocenters. The van der Waals surface area contributed by atoms with Gasteiger partial charge in [0.05, 0.1) is 12.8 Å². The lowest BCUT2D eigenvalue weighted by molar-refractivity contribution is -0.143. The maximum Gasteiger partial charge on any atom is 0.325 e. The second-order valence-corrected chi connectivity index (χ2v) is 5.30. The van der Waals surface area contributed by atoms with Crippen LogP contribution in [0.2, 0.25) is 5.02 Å². The summed E-state index contributed by atoms with van der Waals surface area (Å²) in [7, 11) is 3.23. The lowest BCUT2D eigenvalue weighted by Crippen LogP contribution is -2.31. The van der Waals surface area contributed by atoms with Crippen LogP contribution in [0.5, 0.6) is 5.75 Å². The lowest BCUT2D eigenvalue weighted by atomic mass is 10.0. The molecule has 1 aromatic heterocycles. The molecule has 0 fully saturated rings. The predicted octanol–water partition coefficient (Wildman–Crippen LogP) is 3.00. The molecule has 5 nitrogen and oxygen atoms in total. The fourth-order valence-corrected chi connectivity index (χ4v) is 2.50. The van der Waals surface area contributed by atoms with Gasteiger partial charge in [-0.25, -0.2) is 0 Å². The maximum atomic E-state index is 11.8. The van der Waals surface area contributed by atoms with E-state index >= 15 is 0 Å². The van der Waals surface area contributed by atoms with Gasteiger partial charge in [-0.15, -0.1) is 0 Å². The molecule has 2 aromatic rings. The van der Waals surface area contributed by atoms with E-state index in [1.54, 1.807) is 36.3 Å². The Labute approximate surface area is 134 Å². The van der Waals surface area contributed by atoms with Crippen molar-refractivity contribution in [2.75, 3.05) is 14.2 Å². The number of carbonyl (C=O) groups is 1. The number of halogens is 1. The summed E-state index contributed by atoms with van der Waals surface area (Å²) in [5.41, 5.74) is 1.30. The lowest BCUT2D eigenvalue weighted by Gasteiger charge is -2.26. The summed E-state index contributed by atoms with van der Waals surface area (Å²) in [6.45, 7) is 0.396. The third kappa shape index (κ3) is 3.75. The highest BCUT2D eigenvalue weighted by molar-refractivity contribution is 6.30. The predicted molar refractivity (Wildman–Crippen MR) is 84.1 cm³/mol. The number of aromatic nitrogens is 1. The molecule has 0 unspecified atom stereocenters. The van der Waals surface area contributed by atoms with Gasteiger partial charge in [0.1, 0.15) is 11.8 Å². The Morgan fingerprint density at radius 1 is 1.41 bits per heavy atom. The van der Waals surface area contributed by atoms with E-state index in [4.69, 9.17) is 16.3 Å². The Morgan fingerprint density at radius 2 is 2.18 bits per heavy atom. The molecule has 1 N–H and O–H groups in total. The monoisotopic (exact) mass is 320 g/mol. The number of hydrogen-bond acceptors (Lipinski definition) is 4. The summed E-state index contributed by atoms with van der Waals surface area (Å²) in [6, 6.07) is 9.61. The van der Waals surface area contributed by atoms with Crippen LogP contribution < -0.4 is 4.74 Å². The fraction of sp³-hybridized carbons (Fsp3) is 0.250. The number of methoxy groups -OCH3 is 1. The summed E-state index contributed by atoms with van der Waals surface area (Å²) >= 11 is 6.01. The number of benzene rings is 1. The first-order valence-corrected chi connectivity index (χ1v) is 7.07. The summed E-state index contributed by atoms with van der Waals surface area (Å²) in [5.74, 6) is -0.483. The number of rotatable bonds is 6. The van der Waals surface area contributed by atoms with Gasteiger partial charge < -0.3 is 9.84 Å². The number of nitrogens with zero attached hydrogens (tertiary/aromatic N) is 2. The second-order valence-electron chi connectivity index (χ2n) is 4.86. The van der Waals surface area contributed by atoms with E-state index in [1.165, 1.54) is 7.11 Å². The fourth-order valence-electron chi connectivity index (χ4n) is 2.32. The molecule has 2 rings (SSSR count). The van der Waals surface area contributed by atoms with E-state index in [-0.39, 0.29) is 0 Å². The van der Waals surface area contributed by atoms with Crippen LogP contribution in [0.3, 0.4) is 0 Å². The van der Waals surface area contributed by atoms with Crippen molar-refractivity contribution < 1.29 is 14.6 Å². The molecule has 0 aliphatic rings. The third-order valence-corrected chi connectivity index (χ3v) is 3.53. The van der Waals surface area contributed by atoms with Crippen LogP contribution in [0, 0.1) is 0 Å². The highest BCUT2D eigenvalue weighted by atomic mass is 35.5. The first-order valence-electron chi connectivity index (χ1n) is 6.69. The van der Waals surface area contributed by atoms with E-state index < -0.39 is 12.0 Å². The van der Waals surface area contributed by atoms with E-state index in [1.807, 2.05) is 18.2 Å². The topological polar surface area (TPSA) is 62.7 Å². The van der Waals surface area contributed by atoms with Crippen molar-refractivity contribution in [1.29, 1.82) is 0 Å². The van der Waals surface area contributed by atoms with E-state index in [0.29, 0.717) is 22.9 Å². The number of pyridine rings is 1. The molecule has 0 aliphatic carbocycles. The van der Waals surface area contributed by atoms with Gasteiger partial charge in [-0.2, -0.15) is 0 Å². The van der Waals surface area contributed by atoms with Crippen LogP contribution in [0.4, 0.5) is 0 Å². The van der Waals surface area contributed by atoms with E-state index in [9.17, 15) is 9.90 Å². The average molecular weight is 321 g/mol. The molecule has 1 heterocycles. The van der Waals surface area contributed by atoms with E-state index in [2.05, 4.69) is 4.98 Å². The van der Waals surface area contributed by atoms with Gasteiger partial charge in [-0.3, -0.25) is 14.7 Å². The van der Waals surface area contributed by atoms with Crippen LogP contribution in [-0.2, 0) is 11.3 Å². The molecule has 1 aromatic carbocycles. The number of ether oxygens (including phenoxy) is 1. The van der Waals surface area contributed by atoms with Gasteiger partial charge in [0.2, 0.25) is 0 Å². The van der Waals surface area contributed by atoms with Crippen molar-refractivity contribution in [1.82, 2.24) is 9.88 Å². The van der Waals surface area contributed by atoms with Gasteiger partial charge in [0, 0.05) is 23.3 Å². The Hall–Kier alpha value is -2.11. The van der Waals surface area contributed by atoms with Crippen LogP contribution >= 0.6 is 11.6 Å². The highest BCUT2D eigenvalue weighted by Crippen LogP contribution is 2.32. The number of likely N-dealkylation sites (N-methyl/N-ethyl adjacent to an activating group) is 1. The SMILES string of the molecule is COc1ccc(Cl)cc1[C@H](C(=O)O)N(C)Cc1ccccn1. The summed E-state index contributed by atoms with van der Waals surface area (Å²) in [5, 5.41) is 10.1. The molecule has 0 saturated carbocycles. The van der Waals surface area contributed by atoms with Crippen LogP contribution in [0.25, 0.3) is 0 Å². The number of carboxylic acids is 1. The highest BCUT2D eigenvalue weighted by Gasteiger charge is 2.28. The zero-order chi connectivity index (χ0) is 16.1. The quantitative estimate of drug-likeness (QED) is 0.886. The normalized spacial score (nSPS) is 12.2. The molecule has 0 radical (unpaired) electrons. The van der Waals surface area contributed by atoms with Crippen molar-refractivity contribution in [3.05, 3.63) is 58.9 Å². The number of aliphatic carboxylic acids is 1. The van der Waals surface area contributed by atoms with Gasteiger partial charge in [-0.1, -0.05) is 17.7 Å². The summed E-state index contributed by atoms with van der Waals surface area (Å²) < 4.78 is 5.27. The van der Waals surface area contributed by atoms with Gasteiger partial charge >= 0.3 is 5.97 Å². The van der Waals surface area contributed by atoms with Crippen molar-refractivity contribution in [3.63, 3.8) is 0 Å². The summed E-state index contributed by atoms with van der Waals surface area (Å²) in [6.07, 6.45) is 1.68. The van der Waals surface area contributed by atoms with Crippen molar-refractivity contribution in [2.24, 2.45) is 0 Å². The van der Waals surface area contributed by atoms with Crippen molar-refractivity contribution in [2.45, 2.75) is 12.6 Å². The Kier molecular flexibility index (Phi) is 5.35. The second kappa shape index (κ2) is 7.24. The largest absolute Gasteiger partial charge is 0.496 e. The first-order chi connectivity index (χ1) is 10.5. The molecule has 6 heteroatoms. The zero-order valence-corrected chi connectivity index (χ0v) is 13.1. The minimum Gasteiger partial charge on any atom is -0.496 e. The average Bonchev–Trinajstić information content (AvgIpc) is 2.48. The van der Waals surface area contributed by atoms with Crippen molar-refractivity contribution in [3.8, 4) is 5.75 Å². The van der Waals surface area contributed by atoms with Gasteiger partial charge in [0.15, 0.2) is 0 Å². The number of carboxylic acid groups (broad SMARTS) is 1. The Bertz CT molecular complexity index is 649. The van der Waals surface area contributed by atoms with Crippen molar-refractivity contribution >= 4 is 17.6 Å². The minimum atomic E-state index is -0.973. The van der Waals surface area contributed by atoms with Crippen LogP contribution in [0.1, 0.15) is 17.3 Å². The van der Waals surface area contributed by atoms with Crippen LogP contribution in [0.15, 0.2) is 42.6 Å². The maximum absolute atomic E-state index is 11.8. The molecular weight excluding hydrogens is 304 g/mol. The Morgan fingerprint density at radius 3 is 2.77 bits per heavy atom. The Balaban J connectivity index is 2.34. The minimum absolute atomic E-state index is 0.396. The standard InChI is InChI=1S/C16H17ClN2O3/c1-19(10-12-5-3-4-8-18-12)15(16(20)21)13-9-11(17)6-7-14(13)22-2/h3-9,15H,10H2,1-2H3,(H,20,21)/t15-/m1/s1. The molecule has 0 bridgehead atoms. The molecule has 0 amide bonds. The molecule has 0 saturated heterocycles. The van der Waals surface area contributed by atoms with E-state index in [0.717, 1.165) is 5.69 Å². The van der Waals surface area contributed by atoms with Gasteiger partial charge in [-0.05, 0) is 37.4 Å². The van der Waals surface area contributed by atoms with Crippen LogP contribution in [-0.4, -0.2) is 35.1 Å². The molecule has 116 valence electrons. The summed E-state index contributed by atoms with van der Waals surface area (Å²) in [4.78, 5) is 17.7. The number of hydrogen-bond donors (Lipinski definition) is 1. The zero-order valence-electron chi connectivity index (χ0n) is 12.4. The molecule has 22 heavy (non-hydrogen) atoms. The smallest absolute Gasteiger partial charge is 0.325 e.